The molecule has 0 aliphatic rings. The van der Waals surface area contributed by atoms with Crippen LogP contribution in [0.25, 0.3) is 10.4 Å². The number of hydrogen-bond acceptors (Lipinski definition) is 3. The second kappa shape index (κ2) is 3.36. The molecule has 1 rings (SSSR count). The average Bonchev–Trinajstić information content (AvgIpc) is 2.05. The predicted molar refractivity (Wildman–Crippen MR) is 40.7 cm³/mol. The summed E-state index contributed by atoms with van der Waals surface area (Å²) in [5.41, 5.74) is 8.02. The van der Waals surface area contributed by atoms with Crippen molar-refractivity contribution in [2.45, 2.75) is 0 Å². The van der Waals surface area contributed by atoms with E-state index in [0.29, 0.717) is 0 Å². The monoisotopic (exact) mass is 163 g/mol. The molecule has 6 heteroatoms. The van der Waals surface area contributed by atoms with Gasteiger partial charge in [-0.2, -0.15) is 0 Å². The van der Waals surface area contributed by atoms with E-state index in [-0.39, 0.29) is 11.4 Å². The van der Waals surface area contributed by atoms with Gasteiger partial charge in [-0.15, -0.1) is 0 Å². The van der Waals surface area contributed by atoms with Crippen molar-refractivity contribution < 1.29 is 4.92 Å². The Morgan fingerprint density at radius 2 is 2.50 bits per heavy atom. The molecule has 12 heavy (non-hydrogen) atoms. The zero-order valence-corrected chi connectivity index (χ0v) is 5.84. The molecule has 0 heterocycles. The zero-order chi connectivity index (χ0) is 8.97. The van der Waals surface area contributed by atoms with Crippen LogP contribution in [-0.4, -0.2) is 4.92 Å². The minimum Gasteiger partial charge on any atom is -0.258 e. The first kappa shape index (κ1) is 8.03. The zero-order valence-electron chi connectivity index (χ0n) is 5.84. The van der Waals surface area contributed by atoms with Crippen LogP contribution in [0, 0.1) is 16.2 Å². The first-order valence-electron chi connectivity index (χ1n) is 2.95. The van der Waals surface area contributed by atoms with E-state index in [0.717, 1.165) is 6.07 Å². The fraction of sp³-hybridized carbons (Fsp3) is 0. The fourth-order valence-corrected chi connectivity index (χ4v) is 0.662. The van der Waals surface area contributed by atoms with Crippen LogP contribution in [0.3, 0.4) is 0 Å². The molecule has 1 aromatic rings. The minimum atomic E-state index is -0.565. The summed E-state index contributed by atoms with van der Waals surface area (Å²) in [6.07, 6.45) is 0. The van der Waals surface area contributed by atoms with Gasteiger partial charge in [0.1, 0.15) is 0 Å². The maximum absolute atomic E-state index is 10.2. The molecule has 1 radical (unpaired) electrons. The Bertz CT molecular complexity index is 339. The summed E-state index contributed by atoms with van der Waals surface area (Å²) >= 11 is 0. The van der Waals surface area contributed by atoms with Crippen molar-refractivity contribution in [1.82, 2.24) is 0 Å². The predicted octanol–water partition coefficient (Wildman–Crippen LogP) is 2.34. The molecule has 0 saturated heterocycles. The lowest BCUT2D eigenvalue weighted by atomic mass is 10.3. The quantitative estimate of drug-likeness (QED) is 0.220. The summed E-state index contributed by atoms with van der Waals surface area (Å²) in [7, 11) is 0. The fourth-order valence-electron chi connectivity index (χ4n) is 0.662. The summed E-state index contributed by atoms with van der Waals surface area (Å²) in [4.78, 5) is 12.1. The SMILES string of the molecule is [N-]=[N+]=Nc1[c]ccc([N+](=O)[O-])c1. The van der Waals surface area contributed by atoms with Crippen LogP contribution >= 0.6 is 0 Å². The molecule has 0 unspecified atom stereocenters. The third-order valence-corrected chi connectivity index (χ3v) is 1.13. The van der Waals surface area contributed by atoms with Gasteiger partial charge in [0.25, 0.3) is 5.69 Å². The van der Waals surface area contributed by atoms with Crippen LogP contribution in [0.15, 0.2) is 23.3 Å². The van der Waals surface area contributed by atoms with Gasteiger partial charge < -0.3 is 0 Å². The number of azide groups is 1. The van der Waals surface area contributed by atoms with E-state index in [1.54, 1.807) is 0 Å². The van der Waals surface area contributed by atoms with Crippen LogP contribution < -0.4 is 0 Å². The van der Waals surface area contributed by atoms with Crippen LogP contribution in [0.4, 0.5) is 11.4 Å². The Balaban J connectivity index is 3.11. The Labute approximate surface area is 67.2 Å². The molecule has 0 fully saturated rings. The first-order chi connectivity index (χ1) is 5.74. The first-order valence-corrected chi connectivity index (χ1v) is 2.95. The van der Waals surface area contributed by atoms with Gasteiger partial charge in [-0.25, -0.2) is 0 Å². The largest absolute Gasteiger partial charge is 0.269 e. The number of hydrogen-bond donors (Lipinski definition) is 0. The van der Waals surface area contributed by atoms with E-state index in [1.807, 2.05) is 0 Å². The lowest BCUT2D eigenvalue weighted by Gasteiger charge is -1.90. The highest BCUT2D eigenvalue weighted by molar-refractivity contribution is 5.45. The number of rotatable bonds is 2. The summed E-state index contributed by atoms with van der Waals surface area (Å²) in [5.74, 6) is 0. The van der Waals surface area contributed by atoms with Crippen molar-refractivity contribution in [3.63, 3.8) is 0 Å². The number of nitrogens with zero attached hydrogens (tertiary/aromatic N) is 4. The molecule has 0 atom stereocenters. The molecular weight excluding hydrogens is 160 g/mol. The van der Waals surface area contributed by atoms with Crippen molar-refractivity contribution in [3.8, 4) is 0 Å². The Hall–Kier alpha value is -2.07. The van der Waals surface area contributed by atoms with Gasteiger partial charge in [-0.1, -0.05) is 5.11 Å². The highest BCUT2D eigenvalue weighted by Crippen LogP contribution is 2.18. The molecule has 1 aromatic carbocycles. The lowest BCUT2D eigenvalue weighted by Crippen LogP contribution is -1.85. The Morgan fingerprint density at radius 1 is 1.75 bits per heavy atom. The third-order valence-electron chi connectivity index (χ3n) is 1.13. The van der Waals surface area contributed by atoms with Crippen LogP contribution in [0.2, 0.25) is 0 Å². The Kier molecular flexibility index (Phi) is 2.25. The van der Waals surface area contributed by atoms with Gasteiger partial charge >= 0.3 is 0 Å². The Morgan fingerprint density at radius 3 is 3.08 bits per heavy atom. The van der Waals surface area contributed by atoms with Crippen LogP contribution in [0.1, 0.15) is 0 Å². The number of nitro groups is 1. The van der Waals surface area contributed by atoms with E-state index in [1.165, 1.54) is 12.1 Å². The lowest BCUT2D eigenvalue weighted by molar-refractivity contribution is -0.384. The van der Waals surface area contributed by atoms with Gasteiger partial charge in [0, 0.05) is 17.0 Å². The molecule has 0 bridgehead atoms. The topological polar surface area (TPSA) is 91.9 Å². The van der Waals surface area contributed by atoms with Gasteiger partial charge in [0.05, 0.1) is 10.6 Å². The second-order valence-electron chi connectivity index (χ2n) is 1.88. The van der Waals surface area contributed by atoms with Crippen molar-refractivity contribution in [2.75, 3.05) is 0 Å². The van der Waals surface area contributed by atoms with E-state index < -0.39 is 4.92 Å². The van der Waals surface area contributed by atoms with Crippen LogP contribution in [-0.2, 0) is 0 Å². The molecule has 0 aliphatic heterocycles. The molecule has 0 aromatic heterocycles. The molecule has 6 nitrogen and oxygen atoms in total. The maximum atomic E-state index is 10.2. The van der Waals surface area contributed by atoms with Crippen molar-refractivity contribution in [1.29, 1.82) is 0 Å². The summed E-state index contributed by atoms with van der Waals surface area (Å²) in [5, 5.41) is 13.4. The van der Waals surface area contributed by atoms with Gasteiger partial charge in [0.15, 0.2) is 0 Å². The summed E-state index contributed by atoms with van der Waals surface area (Å²) in [6, 6.07) is 6.30. The molecule has 0 N–H and O–H groups in total. The van der Waals surface area contributed by atoms with E-state index in [9.17, 15) is 10.1 Å². The molecule has 0 saturated carbocycles. The number of benzene rings is 1. The van der Waals surface area contributed by atoms with E-state index in [4.69, 9.17) is 5.53 Å². The maximum Gasteiger partial charge on any atom is 0.269 e. The van der Waals surface area contributed by atoms with E-state index in [2.05, 4.69) is 16.1 Å². The second-order valence-corrected chi connectivity index (χ2v) is 1.88. The standard InChI is InChI=1S/C6H3N4O2/c7-9-8-5-2-1-3-6(4-5)10(11)12/h1,3-4H. The summed E-state index contributed by atoms with van der Waals surface area (Å²) < 4.78 is 0. The highest BCUT2D eigenvalue weighted by Gasteiger charge is 2.03. The van der Waals surface area contributed by atoms with E-state index >= 15 is 0 Å². The van der Waals surface area contributed by atoms with Gasteiger partial charge in [-0.05, 0) is 17.7 Å². The number of nitro benzene ring substituents is 1. The number of non-ortho nitro benzene ring substituents is 1. The molecule has 59 valence electrons. The van der Waals surface area contributed by atoms with Crippen LogP contribution in [0.5, 0.6) is 0 Å². The van der Waals surface area contributed by atoms with Crippen molar-refractivity contribution in [3.05, 3.63) is 44.8 Å². The average molecular weight is 163 g/mol. The normalized spacial score (nSPS) is 8.67. The molecular formula is C6H3N4O2. The van der Waals surface area contributed by atoms with Gasteiger partial charge in [0.2, 0.25) is 0 Å². The van der Waals surface area contributed by atoms with Gasteiger partial charge in [-0.3, -0.25) is 10.1 Å². The summed E-state index contributed by atoms with van der Waals surface area (Å²) in [6.45, 7) is 0. The van der Waals surface area contributed by atoms with Crippen molar-refractivity contribution in [2.24, 2.45) is 5.11 Å². The van der Waals surface area contributed by atoms with Crippen molar-refractivity contribution >= 4 is 11.4 Å². The molecule has 0 amide bonds. The third kappa shape index (κ3) is 1.71. The molecule has 0 spiro atoms. The highest BCUT2D eigenvalue weighted by atomic mass is 16.6. The minimum absolute atomic E-state index is 0.115. The molecule has 0 aliphatic carbocycles. The smallest absolute Gasteiger partial charge is 0.258 e.